The highest BCUT2D eigenvalue weighted by atomic mass is 32.2. The number of aromatic nitrogens is 1. The number of sulfonamides is 1. The van der Waals surface area contributed by atoms with Crippen LogP contribution in [0.25, 0.3) is 0 Å². The molecule has 1 aromatic rings. The lowest BCUT2D eigenvalue weighted by molar-refractivity contribution is -0.108. The van der Waals surface area contributed by atoms with Crippen LogP contribution in [-0.2, 0) is 14.8 Å². The van der Waals surface area contributed by atoms with Gasteiger partial charge in [0, 0.05) is 36.5 Å². The fraction of sp³-hybridized carbons (Fsp3) is 0.615. The van der Waals surface area contributed by atoms with Crippen molar-refractivity contribution in [3.63, 3.8) is 0 Å². The normalized spacial score (nSPS) is 25.1. The number of hydrogen-bond acceptors (Lipinski definition) is 4. The van der Waals surface area contributed by atoms with E-state index in [0.29, 0.717) is 13.0 Å². The van der Waals surface area contributed by atoms with Gasteiger partial charge in [-0.25, -0.2) is 13.1 Å². The van der Waals surface area contributed by atoms with Crippen molar-refractivity contribution in [2.24, 2.45) is 5.41 Å². The summed E-state index contributed by atoms with van der Waals surface area (Å²) < 4.78 is 32.6. The van der Waals surface area contributed by atoms with Crippen molar-refractivity contribution in [2.45, 2.75) is 44.2 Å². The van der Waals surface area contributed by atoms with Crippen molar-refractivity contribution in [2.75, 3.05) is 6.61 Å². The van der Waals surface area contributed by atoms with Crippen LogP contribution in [0.2, 0.25) is 0 Å². The molecule has 0 amide bonds. The first-order valence-corrected chi connectivity index (χ1v) is 8.08. The Morgan fingerprint density at radius 2 is 2.20 bits per heavy atom. The lowest BCUT2D eigenvalue weighted by atomic mass is 9.65. The van der Waals surface area contributed by atoms with Gasteiger partial charge in [-0.3, -0.25) is 4.79 Å². The van der Waals surface area contributed by atoms with E-state index in [1.807, 2.05) is 20.8 Å². The van der Waals surface area contributed by atoms with E-state index < -0.39 is 15.5 Å². The molecular formula is C13H20N2O4S. The minimum Gasteiger partial charge on any atom is -0.378 e. The van der Waals surface area contributed by atoms with Gasteiger partial charge in [0.15, 0.2) is 0 Å². The second-order valence-corrected chi connectivity index (χ2v) is 7.23. The van der Waals surface area contributed by atoms with E-state index in [9.17, 15) is 13.2 Å². The zero-order valence-corrected chi connectivity index (χ0v) is 12.7. The molecule has 0 aliphatic heterocycles. The van der Waals surface area contributed by atoms with Gasteiger partial charge in [0.2, 0.25) is 15.5 Å². The van der Waals surface area contributed by atoms with E-state index in [0.717, 1.165) is 0 Å². The van der Waals surface area contributed by atoms with Crippen LogP contribution in [-0.4, -0.2) is 32.2 Å². The summed E-state index contributed by atoms with van der Waals surface area (Å²) in [6.45, 7) is 6.43. The van der Waals surface area contributed by atoms with E-state index in [4.69, 9.17) is 4.74 Å². The molecule has 1 fully saturated rings. The van der Waals surface area contributed by atoms with Crippen molar-refractivity contribution >= 4 is 10.0 Å². The number of rotatable bonds is 5. The Balaban J connectivity index is 2.16. The Kier molecular flexibility index (Phi) is 4.04. The maximum Gasteiger partial charge on any atom is 0.246 e. The van der Waals surface area contributed by atoms with Gasteiger partial charge >= 0.3 is 0 Å². The first-order chi connectivity index (χ1) is 9.29. The van der Waals surface area contributed by atoms with Crippen molar-refractivity contribution < 1.29 is 13.2 Å². The van der Waals surface area contributed by atoms with Crippen LogP contribution >= 0.6 is 0 Å². The Hall–Kier alpha value is -1.18. The molecule has 0 radical (unpaired) electrons. The molecule has 1 aliphatic carbocycles. The molecule has 0 bridgehead atoms. The molecular weight excluding hydrogens is 280 g/mol. The summed E-state index contributed by atoms with van der Waals surface area (Å²) in [6.07, 6.45) is 3.26. The molecule has 0 aromatic carbocycles. The zero-order chi connectivity index (χ0) is 15.0. The Morgan fingerprint density at radius 3 is 2.75 bits per heavy atom. The van der Waals surface area contributed by atoms with Crippen molar-refractivity contribution in [1.29, 1.82) is 0 Å². The molecule has 20 heavy (non-hydrogen) atoms. The largest absolute Gasteiger partial charge is 0.378 e. The van der Waals surface area contributed by atoms with Crippen LogP contribution < -0.4 is 10.2 Å². The molecule has 2 unspecified atom stereocenters. The molecule has 1 saturated carbocycles. The first kappa shape index (κ1) is 15.2. The predicted molar refractivity (Wildman–Crippen MR) is 75.0 cm³/mol. The minimum absolute atomic E-state index is 0.0363. The SMILES string of the molecule is CCOC1CC(NS(=O)(=O)c2c[nH]ccc2=O)C1(C)C. The van der Waals surface area contributed by atoms with E-state index in [-0.39, 0.29) is 22.5 Å². The van der Waals surface area contributed by atoms with Crippen molar-refractivity contribution in [3.05, 3.63) is 28.7 Å². The van der Waals surface area contributed by atoms with Gasteiger partial charge in [-0.2, -0.15) is 0 Å². The number of H-pyrrole nitrogens is 1. The smallest absolute Gasteiger partial charge is 0.246 e. The summed E-state index contributed by atoms with van der Waals surface area (Å²) in [4.78, 5) is 14.0. The van der Waals surface area contributed by atoms with Crippen LogP contribution in [0.3, 0.4) is 0 Å². The minimum atomic E-state index is -3.81. The summed E-state index contributed by atoms with van der Waals surface area (Å²) in [5.74, 6) is 0. The topological polar surface area (TPSA) is 88.3 Å². The molecule has 1 aromatic heterocycles. The molecule has 6 nitrogen and oxygen atoms in total. The average Bonchev–Trinajstić information content (AvgIpc) is 2.38. The molecule has 0 spiro atoms. The van der Waals surface area contributed by atoms with Crippen LogP contribution in [0.15, 0.2) is 28.2 Å². The highest BCUT2D eigenvalue weighted by Crippen LogP contribution is 2.43. The van der Waals surface area contributed by atoms with Gasteiger partial charge in [-0.05, 0) is 13.3 Å². The van der Waals surface area contributed by atoms with Crippen LogP contribution in [0.1, 0.15) is 27.2 Å². The highest BCUT2D eigenvalue weighted by molar-refractivity contribution is 7.89. The number of aromatic amines is 1. The second-order valence-electron chi connectivity index (χ2n) is 5.55. The third-order valence-corrected chi connectivity index (χ3v) is 5.41. The standard InChI is InChI=1S/C13H20N2O4S/c1-4-19-12-7-11(13(12,2)3)15-20(17,18)10-8-14-6-5-9(10)16/h5-6,8,11-12,15H,4,7H2,1-3H3,(H,14,16). The Bertz CT molecular complexity index is 636. The Labute approximate surface area is 118 Å². The number of hydrogen-bond donors (Lipinski definition) is 2. The first-order valence-electron chi connectivity index (χ1n) is 6.60. The summed E-state index contributed by atoms with van der Waals surface area (Å²) >= 11 is 0. The van der Waals surface area contributed by atoms with E-state index in [1.165, 1.54) is 18.5 Å². The third kappa shape index (κ3) is 2.65. The summed E-state index contributed by atoms with van der Waals surface area (Å²) in [7, 11) is -3.81. The molecule has 2 N–H and O–H groups in total. The van der Waals surface area contributed by atoms with Gasteiger partial charge in [0.05, 0.1) is 6.10 Å². The lowest BCUT2D eigenvalue weighted by Gasteiger charge is -2.51. The molecule has 112 valence electrons. The molecule has 1 heterocycles. The maximum absolute atomic E-state index is 12.2. The summed E-state index contributed by atoms with van der Waals surface area (Å²) in [5, 5.41) is 0. The monoisotopic (exact) mass is 300 g/mol. The quantitative estimate of drug-likeness (QED) is 0.844. The molecule has 2 atom stereocenters. The van der Waals surface area contributed by atoms with E-state index in [2.05, 4.69) is 9.71 Å². The Morgan fingerprint density at radius 1 is 1.50 bits per heavy atom. The number of ether oxygens (including phenoxy) is 1. The van der Waals surface area contributed by atoms with Crippen molar-refractivity contribution in [3.8, 4) is 0 Å². The summed E-state index contributed by atoms with van der Waals surface area (Å²) in [5.41, 5.74) is -0.806. The summed E-state index contributed by atoms with van der Waals surface area (Å²) in [6, 6.07) is 0.965. The zero-order valence-electron chi connectivity index (χ0n) is 11.8. The van der Waals surface area contributed by atoms with Crippen molar-refractivity contribution in [1.82, 2.24) is 9.71 Å². The molecule has 7 heteroatoms. The predicted octanol–water partition coefficient (Wildman–Crippen LogP) is 0.857. The average molecular weight is 300 g/mol. The maximum atomic E-state index is 12.2. The number of nitrogens with one attached hydrogen (secondary N) is 2. The lowest BCUT2D eigenvalue weighted by Crippen LogP contribution is -2.62. The van der Waals surface area contributed by atoms with Crippen LogP contribution in [0, 0.1) is 5.41 Å². The second kappa shape index (κ2) is 5.31. The van der Waals surface area contributed by atoms with Gasteiger partial charge in [0.25, 0.3) is 0 Å². The van der Waals surface area contributed by atoms with Crippen LogP contribution in [0.5, 0.6) is 0 Å². The molecule has 0 saturated heterocycles. The van der Waals surface area contributed by atoms with Gasteiger partial charge in [-0.1, -0.05) is 13.8 Å². The van der Waals surface area contributed by atoms with Gasteiger partial charge in [0.1, 0.15) is 4.90 Å². The molecule has 2 rings (SSSR count). The van der Waals surface area contributed by atoms with Gasteiger partial charge in [-0.15, -0.1) is 0 Å². The van der Waals surface area contributed by atoms with E-state index in [1.54, 1.807) is 0 Å². The molecule has 1 aliphatic rings. The third-order valence-electron chi connectivity index (χ3n) is 3.92. The van der Waals surface area contributed by atoms with E-state index >= 15 is 0 Å². The van der Waals surface area contributed by atoms with Crippen LogP contribution in [0.4, 0.5) is 0 Å². The van der Waals surface area contributed by atoms with Gasteiger partial charge < -0.3 is 9.72 Å². The highest BCUT2D eigenvalue weighted by Gasteiger charge is 2.50. The fourth-order valence-electron chi connectivity index (χ4n) is 2.43. The fourth-order valence-corrected chi connectivity index (χ4v) is 3.89. The number of pyridine rings is 1.